The van der Waals surface area contributed by atoms with Gasteiger partial charge in [-0.1, -0.05) is 0 Å². The normalized spacial score (nSPS) is 12.9. The Kier molecular flexibility index (Phi) is 6.20. The van der Waals surface area contributed by atoms with Crippen molar-refractivity contribution in [3.05, 3.63) is 30.1 Å². The Balaban J connectivity index is 2.52. The number of nitrogens with zero attached hydrogens (tertiary/aromatic N) is 1. The van der Waals surface area contributed by atoms with Crippen molar-refractivity contribution in [1.29, 1.82) is 5.41 Å². The summed E-state index contributed by atoms with van der Waals surface area (Å²) in [4.78, 5) is 34.5. The van der Waals surface area contributed by atoms with Gasteiger partial charge in [0.15, 0.2) is 0 Å². The Morgan fingerprint density at radius 3 is 2.50 bits per heavy atom. The Morgan fingerprint density at radius 2 is 2.00 bits per heavy atom. The molecule has 1 heterocycles. The predicted molar refractivity (Wildman–Crippen MR) is 77.9 cm³/mol. The molecule has 0 saturated carbocycles. The van der Waals surface area contributed by atoms with Crippen molar-refractivity contribution >= 4 is 19.1 Å². The summed E-state index contributed by atoms with van der Waals surface area (Å²) in [5.74, 6) is -1.88. The van der Waals surface area contributed by atoms with Crippen LogP contribution in [0.15, 0.2) is 24.5 Å². The van der Waals surface area contributed by atoms with Gasteiger partial charge in [0.05, 0.1) is 5.92 Å². The first kappa shape index (κ1) is 16.7. The average molecular weight is 299 g/mol. The van der Waals surface area contributed by atoms with E-state index in [2.05, 4.69) is 4.98 Å². The topological polar surface area (TPSA) is 115 Å². The molecule has 1 rings (SSSR count). The molecule has 0 spiro atoms. The molecule has 6 nitrogen and oxygen atoms in total. The van der Waals surface area contributed by atoms with E-state index in [1.807, 2.05) is 12.1 Å². The van der Waals surface area contributed by atoms with Gasteiger partial charge in [0.2, 0.25) is 5.45 Å². The van der Waals surface area contributed by atoms with Crippen LogP contribution < -0.4 is 0 Å². The number of hydrogen-bond donors (Lipinski definition) is 4. The lowest BCUT2D eigenvalue weighted by atomic mass is 10.0. The van der Waals surface area contributed by atoms with E-state index >= 15 is 0 Å². The molecule has 110 valence electrons. The maximum absolute atomic E-state index is 11.2. The van der Waals surface area contributed by atoms with E-state index in [0.29, 0.717) is 12.8 Å². The third-order valence-corrected chi connectivity index (χ3v) is 5.15. The average Bonchev–Trinajstić information content (AvgIpc) is 2.38. The van der Waals surface area contributed by atoms with Crippen LogP contribution in [0.3, 0.4) is 0 Å². The maximum Gasteiger partial charge on any atom is 0.314 e. The standard InChI is InChI=1S/C13H19N2O4P/c1-10(14)20(18,19)9-12(13(16)17)4-2-3-11-5-7-15-8-6-11/h5-8,12,14,18-19H,2-4,9H2,1H3/p+1. The highest BCUT2D eigenvalue weighted by Gasteiger charge is 2.42. The molecule has 1 atom stereocenters. The molecule has 0 aromatic carbocycles. The zero-order valence-corrected chi connectivity index (χ0v) is 12.3. The van der Waals surface area contributed by atoms with E-state index in [1.54, 1.807) is 12.4 Å². The van der Waals surface area contributed by atoms with Gasteiger partial charge >= 0.3 is 13.7 Å². The molecule has 0 bridgehead atoms. The number of aryl methyl sites for hydroxylation is 1. The van der Waals surface area contributed by atoms with Crippen LogP contribution in [-0.4, -0.2) is 37.5 Å². The number of hydrogen-bond acceptors (Lipinski definition) is 5. The highest BCUT2D eigenvalue weighted by atomic mass is 31.2. The first-order valence-electron chi connectivity index (χ1n) is 6.34. The SMILES string of the molecule is CC(=N)[P+](O)(O)CC(CCCc1ccncc1)C(=O)O. The molecule has 0 aliphatic carbocycles. The summed E-state index contributed by atoms with van der Waals surface area (Å²) in [5, 5.41) is 16.4. The summed E-state index contributed by atoms with van der Waals surface area (Å²) < 4.78 is 0. The highest BCUT2D eigenvalue weighted by Crippen LogP contribution is 2.52. The Hall–Kier alpha value is -1.36. The molecule has 0 fully saturated rings. The van der Waals surface area contributed by atoms with Gasteiger partial charge in [-0.3, -0.25) is 15.2 Å². The maximum atomic E-state index is 11.2. The first-order chi connectivity index (χ1) is 9.33. The van der Waals surface area contributed by atoms with Crippen molar-refractivity contribution in [2.75, 3.05) is 6.16 Å². The number of carbonyl (C=O) groups is 1. The molecular weight excluding hydrogens is 279 g/mol. The summed E-state index contributed by atoms with van der Waals surface area (Å²) in [7, 11) is -3.54. The van der Waals surface area contributed by atoms with Crippen LogP contribution in [0.5, 0.6) is 0 Å². The number of rotatable bonds is 8. The van der Waals surface area contributed by atoms with Crippen molar-refractivity contribution in [3.63, 3.8) is 0 Å². The molecule has 1 unspecified atom stereocenters. The van der Waals surface area contributed by atoms with Gasteiger partial charge in [0.25, 0.3) is 0 Å². The van der Waals surface area contributed by atoms with Crippen LogP contribution >= 0.6 is 7.72 Å². The summed E-state index contributed by atoms with van der Waals surface area (Å²) in [6, 6.07) is 3.74. The van der Waals surface area contributed by atoms with Crippen LogP contribution in [0.4, 0.5) is 0 Å². The number of pyridine rings is 1. The lowest BCUT2D eigenvalue weighted by Crippen LogP contribution is -2.22. The molecule has 0 saturated heterocycles. The van der Waals surface area contributed by atoms with Gasteiger partial charge < -0.3 is 5.11 Å². The van der Waals surface area contributed by atoms with Gasteiger partial charge in [-0.25, -0.2) is 9.79 Å². The van der Waals surface area contributed by atoms with Gasteiger partial charge in [-0.05, 0) is 37.0 Å². The third-order valence-electron chi connectivity index (χ3n) is 3.13. The summed E-state index contributed by atoms with van der Waals surface area (Å²) in [6.45, 7) is 1.30. The number of carboxylic acids is 1. The van der Waals surface area contributed by atoms with Crippen molar-refractivity contribution in [1.82, 2.24) is 4.98 Å². The van der Waals surface area contributed by atoms with Gasteiger partial charge in [0, 0.05) is 19.3 Å². The smallest absolute Gasteiger partial charge is 0.314 e. The van der Waals surface area contributed by atoms with Crippen LogP contribution in [0, 0.1) is 11.3 Å². The summed E-state index contributed by atoms with van der Waals surface area (Å²) in [5.41, 5.74) is 0.833. The summed E-state index contributed by atoms with van der Waals surface area (Å²) >= 11 is 0. The summed E-state index contributed by atoms with van der Waals surface area (Å²) in [6.07, 6.45) is 4.82. The van der Waals surface area contributed by atoms with E-state index < -0.39 is 19.6 Å². The monoisotopic (exact) mass is 299 g/mol. The third kappa shape index (κ3) is 5.33. The van der Waals surface area contributed by atoms with E-state index in [-0.39, 0.29) is 11.6 Å². The van der Waals surface area contributed by atoms with Crippen molar-refractivity contribution in [2.45, 2.75) is 26.2 Å². The minimum absolute atomic E-state index is 0.238. The Labute approximate surface area is 118 Å². The van der Waals surface area contributed by atoms with Crippen LogP contribution in [0.2, 0.25) is 0 Å². The molecule has 0 amide bonds. The van der Waals surface area contributed by atoms with Crippen LogP contribution in [0.25, 0.3) is 0 Å². The molecule has 0 radical (unpaired) electrons. The molecule has 0 aliphatic rings. The fourth-order valence-electron chi connectivity index (χ4n) is 1.84. The molecule has 20 heavy (non-hydrogen) atoms. The second-order valence-electron chi connectivity index (χ2n) is 4.78. The quantitative estimate of drug-likeness (QED) is 0.432. The van der Waals surface area contributed by atoms with Gasteiger partial charge in [-0.2, -0.15) is 0 Å². The number of aliphatic carboxylic acids is 1. The minimum Gasteiger partial charge on any atom is -0.481 e. The first-order valence-corrected chi connectivity index (χ1v) is 8.22. The van der Waals surface area contributed by atoms with E-state index in [1.165, 1.54) is 6.92 Å². The lowest BCUT2D eigenvalue weighted by Gasteiger charge is -2.16. The second-order valence-corrected chi connectivity index (χ2v) is 7.28. The fourth-order valence-corrected chi connectivity index (χ4v) is 3.07. The number of carboxylic acid groups (broad SMARTS) is 1. The van der Waals surface area contributed by atoms with E-state index in [4.69, 9.17) is 10.5 Å². The molecule has 7 heteroatoms. The molecule has 0 aliphatic heterocycles. The Bertz CT molecular complexity index is 465. The molecule has 1 aromatic heterocycles. The number of aromatic nitrogens is 1. The second kappa shape index (κ2) is 7.43. The van der Waals surface area contributed by atoms with Crippen LogP contribution in [0.1, 0.15) is 25.3 Å². The lowest BCUT2D eigenvalue weighted by molar-refractivity contribution is -0.141. The van der Waals surface area contributed by atoms with E-state index in [9.17, 15) is 14.6 Å². The van der Waals surface area contributed by atoms with Crippen molar-refractivity contribution in [2.24, 2.45) is 5.92 Å². The van der Waals surface area contributed by atoms with Crippen molar-refractivity contribution in [3.8, 4) is 0 Å². The van der Waals surface area contributed by atoms with Crippen molar-refractivity contribution < 1.29 is 19.7 Å². The van der Waals surface area contributed by atoms with Crippen LogP contribution in [-0.2, 0) is 11.2 Å². The van der Waals surface area contributed by atoms with Gasteiger partial charge in [0.1, 0.15) is 6.16 Å². The zero-order valence-electron chi connectivity index (χ0n) is 11.4. The van der Waals surface area contributed by atoms with Gasteiger partial charge in [-0.15, -0.1) is 0 Å². The molecule has 4 N–H and O–H groups in total. The fraction of sp³-hybridized carbons (Fsp3) is 0.462. The Morgan fingerprint density at radius 1 is 1.40 bits per heavy atom. The highest BCUT2D eigenvalue weighted by molar-refractivity contribution is 7.81. The minimum atomic E-state index is -3.54. The predicted octanol–water partition coefficient (Wildman–Crippen LogP) is 1.93. The molecule has 1 aromatic rings. The molecular formula is C13H20N2O4P+. The largest absolute Gasteiger partial charge is 0.481 e. The number of nitrogens with one attached hydrogen (secondary N) is 1. The van der Waals surface area contributed by atoms with E-state index in [0.717, 1.165) is 12.0 Å². The zero-order chi connectivity index (χ0) is 15.2.